The van der Waals surface area contributed by atoms with E-state index < -0.39 is 84.6 Å². The van der Waals surface area contributed by atoms with Crippen molar-refractivity contribution in [2.24, 2.45) is 0 Å². The van der Waals surface area contributed by atoms with Crippen LogP contribution in [0.3, 0.4) is 0 Å². The summed E-state index contributed by atoms with van der Waals surface area (Å²) in [5.41, 5.74) is 2.28. The second kappa shape index (κ2) is 8.85. The molecule has 0 saturated heterocycles. The number of fused-ring (bicyclic) bond motifs is 6. The van der Waals surface area contributed by atoms with Gasteiger partial charge in [-0.1, -0.05) is 121 Å². The zero-order chi connectivity index (χ0) is 37.9. The molecule has 39 heavy (non-hydrogen) atoms. The van der Waals surface area contributed by atoms with E-state index in [1.807, 2.05) is 36.4 Å². The van der Waals surface area contributed by atoms with E-state index in [1.54, 1.807) is 6.07 Å². The number of benzene rings is 7. The Balaban J connectivity index is 1.49. The summed E-state index contributed by atoms with van der Waals surface area (Å²) in [5, 5.41) is 1.62. The summed E-state index contributed by atoms with van der Waals surface area (Å²) < 4.78 is 128. The van der Waals surface area contributed by atoms with Gasteiger partial charge in [-0.3, -0.25) is 0 Å². The minimum atomic E-state index is -0.571. The molecule has 184 valence electrons. The maximum Gasteiger partial charge on any atom is 0.135 e. The third-order valence-corrected chi connectivity index (χ3v) is 7.16. The summed E-state index contributed by atoms with van der Waals surface area (Å²) in [5.74, 6) is 0. The van der Waals surface area contributed by atoms with Gasteiger partial charge in [-0.2, -0.15) is 0 Å². The van der Waals surface area contributed by atoms with Crippen LogP contribution in [0, 0.1) is 0 Å². The highest BCUT2D eigenvalue weighted by molar-refractivity contribution is 6.07. The van der Waals surface area contributed by atoms with Gasteiger partial charge >= 0.3 is 0 Å². The first-order chi connectivity index (χ1) is 25.1. The first-order valence-electron chi connectivity index (χ1n) is 19.5. The molecule has 0 spiro atoms. The van der Waals surface area contributed by atoms with Gasteiger partial charge in [-0.05, 0) is 79.5 Å². The fourth-order valence-electron chi connectivity index (χ4n) is 5.39. The van der Waals surface area contributed by atoms with E-state index in [1.165, 1.54) is 6.07 Å². The molecule has 0 saturated carbocycles. The van der Waals surface area contributed by atoms with E-state index in [0.717, 1.165) is 10.8 Å². The van der Waals surface area contributed by atoms with Gasteiger partial charge in [0.1, 0.15) is 11.2 Å². The van der Waals surface area contributed by atoms with Crippen molar-refractivity contribution >= 4 is 54.3 Å². The summed E-state index contributed by atoms with van der Waals surface area (Å²) in [6.45, 7) is 0. The fourth-order valence-corrected chi connectivity index (χ4v) is 5.39. The van der Waals surface area contributed by atoms with Crippen molar-refractivity contribution in [1.29, 1.82) is 0 Å². The highest BCUT2D eigenvalue weighted by Gasteiger charge is 2.16. The highest BCUT2D eigenvalue weighted by Crippen LogP contribution is 2.37. The van der Waals surface area contributed by atoms with E-state index >= 15 is 0 Å². The minimum Gasteiger partial charge on any atom is -0.456 e. The van der Waals surface area contributed by atoms with Crippen molar-refractivity contribution in [1.82, 2.24) is 0 Å². The molecule has 1 heteroatoms. The lowest BCUT2D eigenvalue weighted by Crippen LogP contribution is -1.98. The first-order valence-corrected chi connectivity index (χ1v) is 12.5. The van der Waals surface area contributed by atoms with E-state index in [2.05, 4.69) is 0 Å². The molecular formula is C38H26O. The minimum absolute atomic E-state index is 0.00275. The zero-order valence-electron chi connectivity index (χ0n) is 34.4. The smallest absolute Gasteiger partial charge is 0.135 e. The van der Waals surface area contributed by atoms with E-state index in [9.17, 15) is 0 Å². The molecule has 0 aliphatic carbocycles. The summed E-state index contributed by atoms with van der Waals surface area (Å²) in [4.78, 5) is 0. The lowest BCUT2D eigenvalue weighted by molar-refractivity contribution is 0.668. The number of para-hydroxylation sites is 1. The second-order valence-corrected chi connectivity index (χ2v) is 9.45. The Morgan fingerprint density at radius 1 is 0.462 bits per heavy atom. The van der Waals surface area contributed by atoms with Crippen molar-refractivity contribution in [3.8, 4) is 0 Å². The van der Waals surface area contributed by atoms with E-state index in [0.29, 0.717) is 16.7 Å². The van der Waals surface area contributed by atoms with Crippen LogP contribution < -0.4 is 0 Å². The molecule has 0 unspecified atom stereocenters. The Labute approximate surface area is 246 Å². The molecule has 7 aromatic carbocycles. The Hall–Kier alpha value is -4.88. The van der Waals surface area contributed by atoms with Gasteiger partial charge in [0, 0.05) is 10.8 Å². The van der Waals surface area contributed by atoms with Gasteiger partial charge in [0.15, 0.2) is 0 Å². The quantitative estimate of drug-likeness (QED) is 0.214. The normalized spacial score (nSPS) is 16.8. The van der Waals surface area contributed by atoms with Crippen molar-refractivity contribution < 1.29 is 23.6 Å². The average Bonchev–Trinajstić information content (AvgIpc) is 3.52. The number of rotatable bonds is 4. The Bertz CT molecular complexity index is 2870. The SMILES string of the molecule is [2H]c1c([2H])c([2H])c2c([2H])c([2H])c(Cc3c4c([2H])c([2H])c([2H])c([2H])c4c(Cc4ccc5c(c4)oc4ccccc45)c4c([2H])c([2H])c([2H])c([2H])c34)cc2c1[2H]. The van der Waals surface area contributed by atoms with Crippen LogP contribution in [0.2, 0.25) is 0 Å². The number of furan rings is 1. The number of hydrogen-bond acceptors (Lipinski definition) is 1. The van der Waals surface area contributed by atoms with Gasteiger partial charge in [-0.25, -0.2) is 0 Å². The maximum atomic E-state index is 9.14. The van der Waals surface area contributed by atoms with Crippen LogP contribution in [-0.4, -0.2) is 0 Å². The molecule has 0 N–H and O–H groups in total. The molecule has 8 rings (SSSR count). The van der Waals surface area contributed by atoms with Crippen LogP contribution >= 0.6 is 0 Å². The molecule has 0 fully saturated rings. The molecule has 0 atom stereocenters. The van der Waals surface area contributed by atoms with Crippen LogP contribution in [0.5, 0.6) is 0 Å². The van der Waals surface area contributed by atoms with Crippen molar-refractivity contribution in [3.63, 3.8) is 0 Å². The number of hydrogen-bond donors (Lipinski definition) is 0. The Morgan fingerprint density at radius 3 is 1.77 bits per heavy atom. The Kier molecular flexibility index (Phi) is 2.80. The van der Waals surface area contributed by atoms with Crippen molar-refractivity contribution in [2.75, 3.05) is 0 Å². The monoisotopic (exact) mass is 512 g/mol. The third-order valence-electron chi connectivity index (χ3n) is 7.16. The van der Waals surface area contributed by atoms with Gasteiger partial charge in [0.05, 0.1) is 19.2 Å². The predicted octanol–water partition coefficient (Wildman–Crippen LogP) is 10.2. The largest absolute Gasteiger partial charge is 0.456 e. The molecule has 0 amide bonds. The molecule has 1 aromatic heterocycles. The molecule has 1 heterocycles. The highest BCUT2D eigenvalue weighted by atomic mass is 16.3. The van der Waals surface area contributed by atoms with Gasteiger partial charge < -0.3 is 4.42 Å². The van der Waals surface area contributed by atoms with Crippen molar-refractivity contribution in [3.05, 3.63) is 155 Å². The molecular weight excluding hydrogens is 472 g/mol. The zero-order valence-corrected chi connectivity index (χ0v) is 20.4. The van der Waals surface area contributed by atoms with E-state index in [4.69, 9.17) is 23.6 Å². The maximum absolute atomic E-state index is 9.14. The molecule has 0 aliphatic rings. The van der Waals surface area contributed by atoms with Crippen LogP contribution in [0.25, 0.3) is 54.3 Å². The first kappa shape index (κ1) is 12.3. The standard InChI is InChI=1S/C38H26O/c1-2-10-28-21-25(17-19-27(28)9-1)22-35-29-11-3-5-13-31(29)36(32-14-6-4-12-30(32)35)23-26-18-20-34-33-15-7-8-16-37(33)39-38(34)24-26/h1-21,24H,22-23H2/i1D,2D,3D,4D,5D,6D,9D,10D,11D,12D,13D,14D,17D,19D. The fraction of sp³-hybridized carbons (Fsp3) is 0.0526. The predicted molar refractivity (Wildman–Crippen MR) is 165 cm³/mol. The molecule has 8 aromatic rings. The summed E-state index contributed by atoms with van der Waals surface area (Å²) in [7, 11) is 0. The average molecular weight is 513 g/mol. The van der Waals surface area contributed by atoms with Crippen LogP contribution in [0.4, 0.5) is 0 Å². The molecule has 0 radical (unpaired) electrons. The topological polar surface area (TPSA) is 13.1 Å². The third kappa shape index (κ3) is 3.70. The van der Waals surface area contributed by atoms with Gasteiger partial charge in [0.2, 0.25) is 0 Å². The molecule has 0 bridgehead atoms. The van der Waals surface area contributed by atoms with Crippen LogP contribution in [-0.2, 0) is 12.8 Å². The van der Waals surface area contributed by atoms with Crippen molar-refractivity contribution in [2.45, 2.75) is 12.8 Å². The van der Waals surface area contributed by atoms with Crippen LogP contribution in [0.15, 0.2) is 138 Å². The molecule has 0 aliphatic heterocycles. The second-order valence-electron chi connectivity index (χ2n) is 9.45. The lowest BCUT2D eigenvalue weighted by Gasteiger charge is -2.17. The van der Waals surface area contributed by atoms with Gasteiger partial charge in [0.25, 0.3) is 0 Å². The van der Waals surface area contributed by atoms with Crippen LogP contribution in [0.1, 0.15) is 41.4 Å². The van der Waals surface area contributed by atoms with E-state index in [-0.39, 0.29) is 61.8 Å². The molecule has 1 nitrogen and oxygen atoms in total. The Morgan fingerprint density at radius 2 is 1.05 bits per heavy atom. The summed E-state index contributed by atoms with van der Waals surface area (Å²) in [6, 6.07) is 7.56. The lowest BCUT2D eigenvalue weighted by atomic mass is 9.86. The summed E-state index contributed by atoms with van der Waals surface area (Å²) >= 11 is 0. The summed E-state index contributed by atoms with van der Waals surface area (Å²) in [6.07, 6.45) is -0.358. The van der Waals surface area contributed by atoms with Gasteiger partial charge in [-0.15, -0.1) is 0 Å².